The van der Waals surface area contributed by atoms with Gasteiger partial charge in [-0.15, -0.1) is 0 Å². The van der Waals surface area contributed by atoms with E-state index < -0.39 is 0 Å². The predicted molar refractivity (Wildman–Crippen MR) is 82.7 cm³/mol. The highest BCUT2D eigenvalue weighted by Gasteiger charge is 2.23. The molecule has 20 heavy (non-hydrogen) atoms. The minimum Gasteiger partial charge on any atom is -0.369 e. The van der Waals surface area contributed by atoms with E-state index in [-0.39, 0.29) is 0 Å². The minimum atomic E-state index is 0.310. The Hall–Kier alpha value is -1.56. The fraction of sp³-hybridized carbons (Fsp3) is 0.714. The molecular weight excluding hydrogens is 252 g/mol. The van der Waals surface area contributed by atoms with Crippen molar-refractivity contribution < 1.29 is 0 Å². The first kappa shape index (κ1) is 14.8. The van der Waals surface area contributed by atoms with E-state index in [2.05, 4.69) is 47.5 Å². The Morgan fingerprint density at radius 2 is 1.95 bits per heavy atom. The zero-order chi connectivity index (χ0) is 15.0. The van der Waals surface area contributed by atoms with Crippen molar-refractivity contribution >= 4 is 17.1 Å². The molecule has 2 aromatic rings. The van der Waals surface area contributed by atoms with Crippen LogP contribution >= 0.6 is 0 Å². The van der Waals surface area contributed by atoms with Crippen molar-refractivity contribution in [2.45, 2.75) is 33.2 Å². The zero-order valence-electron chi connectivity index (χ0n) is 13.4. The fourth-order valence-electron chi connectivity index (χ4n) is 2.90. The first-order chi connectivity index (χ1) is 9.31. The highest BCUT2D eigenvalue weighted by molar-refractivity contribution is 5.77. The molecule has 0 aliphatic carbocycles. The maximum Gasteiger partial charge on any atom is 0.202 e. The van der Waals surface area contributed by atoms with Crippen molar-refractivity contribution in [1.29, 1.82) is 0 Å². The van der Waals surface area contributed by atoms with Crippen LogP contribution in [0.5, 0.6) is 0 Å². The van der Waals surface area contributed by atoms with Crippen LogP contribution in [0.1, 0.15) is 32.0 Å². The van der Waals surface area contributed by atoms with Gasteiger partial charge < -0.3 is 10.6 Å². The molecule has 112 valence electrons. The monoisotopic (exact) mass is 278 g/mol. The molecule has 0 aliphatic heterocycles. The molecule has 2 heterocycles. The number of nitrogens with zero attached hydrogens (tertiary/aromatic N) is 5. The number of hydrogen-bond acceptors (Lipinski definition) is 4. The van der Waals surface area contributed by atoms with Crippen molar-refractivity contribution in [2.24, 2.45) is 13.0 Å². The van der Waals surface area contributed by atoms with Gasteiger partial charge in [-0.3, -0.25) is 9.25 Å². The Labute approximate surface area is 120 Å². The second-order valence-corrected chi connectivity index (χ2v) is 6.27. The van der Waals surface area contributed by atoms with Gasteiger partial charge in [0, 0.05) is 13.6 Å². The van der Waals surface area contributed by atoms with Gasteiger partial charge in [0.05, 0.1) is 11.7 Å². The molecule has 6 nitrogen and oxygen atoms in total. The molecule has 0 aliphatic rings. The summed E-state index contributed by atoms with van der Waals surface area (Å²) < 4.78 is 4.03. The number of nitrogen functional groups attached to an aromatic ring is 1. The molecule has 2 aromatic heterocycles. The summed E-state index contributed by atoms with van der Waals surface area (Å²) in [5.41, 5.74) is 9.05. The molecule has 0 amide bonds. The Morgan fingerprint density at radius 3 is 2.50 bits per heavy atom. The van der Waals surface area contributed by atoms with Crippen molar-refractivity contribution in [3.8, 4) is 0 Å². The second-order valence-electron chi connectivity index (χ2n) is 6.27. The third-order valence-electron chi connectivity index (χ3n) is 3.55. The number of imidazole rings is 1. The van der Waals surface area contributed by atoms with Crippen LogP contribution in [-0.4, -0.2) is 44.9 Å². The smallest absolute Gasteiger partial charge is 0.202 e. The largest absolute Gasteiger partial charge is 0.369 e. The number of fused-ring (bicyclic) bond motifs is 1. The second kappa shape index (κ2) is 5.44. The van der Waals surface area contributed by atoms with Crippen LogP contribution in [0.3, 0.4) is 0 Å². The molecule has 0 saturated carbocycles. The highest BCUT2D eigenvalue weighted by atomic mass is 15.4. The molecule has 0 bridgehead atoms. The summed E-state index contributed by atoms with van der Waals surface area (Å²) in [6, 6.07) is 0.310. The molecule has 2 N–H and O–H groups in total. The standard InChI is InChI=1S/C14H26N6/c1-9(2)7-11(8-18(4)5)20-13-12(16-14(20)15)10(3)17-19(13)6/h9,11H,7-8H2,1-6H3,(H2,15,16). The van der Waals surface area contributed by atoms with Crippen molar-refractivity contribution in [3.05, 3.63) is 5.69 Å². The van der Waals surface area contributed by atoms with Gasteiger partial charge in [-0.25, -0.2) is 4.98 Å². The van der Waals surface area contributed by atoms with E-state index in [0.717, 1.165) is 29.8 Å². The summed E-state index contributed by atoms with van der Waals surface area (Å²) in [6.07, 6.45) is 1.07. The van der Waals surface area contributed by atoms with Crippen molar-refractivity contribution in [1.82, 2.24) is 24.2 Å². The van der Waals surface area contributed by atoms with Gasteiger partial charge >= 0.3 is 0 Å². The Morgan fingerprint density at radius 1 is 1.30 bits per heavy atom. The van der Waals surface area contributed by atoms with E-state index in [9.17, 15) is 0 Å². The highest BCUT2D eigenvalue weighted by Crippen LogP contribution is 2.28. The number of nitrogens with two attached hydrogens (primary N) is 1. The van der Waals surface area contributed by atoms with E-state index in [1.807, 2.05) is 18.7 Å². The molecule has 2 rings (SSSR count). The molecular formula is C14H26N6. The third kappa shape index (κ3) is 2.65. The molecule has 1 atom stereocenters. The third-order valence-corrected chi connectivity index (χ3v) is 3.55. The van der Waals surface area contributed by atoms with Crippen LogP contribution in [0.25, 0.3) is 11.2 Å². The Balaban J connectivity index is 2.54. The van der Waals surface area contributed by atoms with Crippen molar-refractivity contribution in [3.63, 3.8) is 0 Å². The van der Waals surface area contributed by atoms with E-state index in [0.29, 0.717) is 17.9 Å². The summed E-state index contributed by atoms with van der Waals surface area (Å²) in [5, 5.41) is 4.46. The van der Waals surface area contributed by atoms with Crippen LogP contribution < -0.4 is 5.73 Å². The fourth-order valence-corrected chi connectivity index (χ4v) is 2.90. The maximum absolute atomic E-state index is 6.18. The first-order valence-corrected chi connectivity index (χ1v) is 7.13. The van der Waals surface area contributed by atoms with Crippen LogP contribution in [0, 0.1) is 12.8 Å². The van der Waals surface area contributed by atoms with Crippen LogP contribution in [0.4, 0.5) is 5.95 Å². The lowest BCUT2D eigenvalue weighted by Gasteiger charge is -2.25. The quantitative estimate of drug-likeness (QED) is 0.906. The number of rotatable bonds is 5. The lowest BCUT2D eigenvalue weighted by molar-refractivity contribution is 0.293. The summed E-state index contributed by atoms with van der Waals surface area (Å²) in [4.78, 5) is 6.70. The summed E-state index contributed by atoms with van der Waals surface area (Å²) in [5.74, 6) is 1.19. The Bertz CT molecular complexity index is 582. The van der Waals surface area contributed by atoms with Gasteiger partial charge in [0.1, 0.15) is 5.52 Å². The Kier molecular flexibility index (Phi) is 4.04. The summed E-state index contributed by atoms with van der Waals surface area (Å²) in [6.45, 7) is 7.39. The summed E-state index contributed by atoms with van der Waals surface area (Å²) in [7, 11) is 6.13. The number of aryl methyl sites for hydroxylation is 2. The van der Waals surface area contributed by atoms with Gasteiger partial charge in [0.15, 0.2) is 5.65 Å². The normalized spacial score (nSPS) is 13.8. The topological polar surface area (TPSA) is 64.9 Å². The molecule has 0 spiro atoms. The van der Waals surface area contributed by atoms with Gasteiger partial charge in [-0.05, 0) is 33.4 Å². The van der Waals surface area contributed by atoms with Gasteiger partial charge in [0.25, 0.3) is 0 Å². The number of hydrogen-bond donors (Lipinski definition) is 1. The molecule has 6 heteroatoms. The minimum absolute atomic E-state index is 0.310. The molecule has 1 unspecified atom stereocenters. The van der Waals surface area contributed by atoms with Gasteiger partial charge in [-0.1, -0.05) is 13.8 Å². The van der Waals surface area contributed by atoms with Crippen molar-refractivity contribution in [2.75, 3.05) is 26.4 Å². The summed E-state index contributed by atoms with van der Waals surface area (Å²) >= 11 is 0. The lowest BCUT2D eigenvalue weighted by atomic mass is 10.0. The average molecular weight is 278 g/mol. The number of aromatic nitrogens is 4. The van der Waals surface area contributed by atoms with E-state index in [1.165, 1.54) is 0 Å². The van der Waals surface area contributed by atoms with E-state index in [1.54, 1.807) is 0 Å². The van der Waals surface area contributed by atoms with E-state index in [4.69, 9.17) is 5.73 Å². The van der Waals surface area contributed by atoms with Crippen LogP contribution in [0.15, 0.2) is 0 Å². The molecule has 0 radical (unpaired) electrons. The van der Waals surface area contributed by atoms with Crippen LogP contribution in [0.2, 0.25) is 0 Å². The molecule has 0 fully saturated rings. The van der Waals surface area contributed by atoms with Gasteiger partial charge in [-0.2, -0.15) is 5.10 Å². The number of anilines is 1. The molecule has 0 saturated heterocycles. The first-order valence-electron chi connectivity index (χ1n) is 7.13. The zero-order valence-corrected chi connectivity index (χ0v) is 13.4. The van der Waals surface area contributed by atoms with Crippen LogP contribution in [-0.2, 0) is 7.05 Å². The SMILES string of the molecule is Cc1nn(C)c2c1nc(N)n2C(CC(C)C)CN(C)C. The predicted octanol–water partition coefficient (Wildman–Crippen LogP) is 1.81. The molecule has 0 aromatic carbocycles. The average Bonchev–Trinajstić information content (AvgIpc) is 2.75. The maximum atomic E-state index is 6.18. The van der Waals surface area contributed by atoms with E-state index >= 15 is 0 Å². The number of likely N-dealkylation sites (N-methyl/N-ethyl adjacent to an activating group) is 1. The van der Waals surface area contributed by atoms with Gasteiger partial charge in [0.2, 0.25) is 5.95 Å². The lowest BCUT2D eigenvalue weighted by Crippen LogP contribution is -2.27.